The van der Waals surface area contributed by atoms with Gasteiger partial charge in [0.25, 0.3) is 0 Å². The normalized spacial score (nSPS) is 19.8. The Hall–Kier alpha value is -1.18. The van der Waals surface area contributed by atoms with Crippen LogP contribution in [-0.2, 0) is 6.42 Å². The number of fused-ring (bicyclic) bond motifs is 1. The van der Waals surface area contributed by atoms with Crippen molar-refractivity contribution in [3.05, 3.63) is 23.8 Å². The highest BCUT2D eigenvalue weighted by Gasteiger charge is 2.17. The van der Waals surface area contributed by atoms with E-state index in [1.54, 1.807) is 0 Å². The molecule has 1 aliphatic heterocycles. The summed E-state index contributed by atoms with van der Waals surface area (Å²) < 4.78 is 6.05. The van der Waals surface area contributed by atoms with Crippen molar-refractivity contribution in [3.8, 4) is 5.75 Å². The predicted molar refractivity (Wildman–Crippen MR) is 70.7 cm³/mol. The third-order valence-electron chi connectivity index (χ3n) is 4.02. The van der Waals surface area contributed by atoms with Gasteiger partial charge in [-0.05, 0) is 37.3 Å². The van der Waals surface area contributed by atoms with E-state index in [0.717, 1.165) is 31.2 Å². The van der Waals surface area contributed by atoms with E-state index >= 15 is 0 Å². The number of hydrogen-bond acceptors (Lipinski definition) is 2. The molecule has 0 spiro atoms. The van der Waals surface area contributed by atoms with Crippen LogP contribution in [0.2, 0.25) is 0 Å². The van der Waals surface area contributed by atoms with Crippen LogP contribution in [0.4, 0.5) is 5.69 Å². The van der Waals surface area contributed by atoms with Crippen LogP contribution in [0.5, 0.6) is 5.75 Å². The summed E-state index contributed by atoms with van der Waals surface area (Å²) in [6.07, 6.45) is 8.02. The van der Waals surface area contributed by atoms with Gasteiger partial charge in [-0.1, -0.05) is 25.3 Å². The first-order valence-electron chi connectivity index (χ1n) is 6.92. The molecule has 2 aliphatic rings. The van der Waals surface area contributed by atoms with Crippen LogP contribution < -0.4 is 10.1 Å². The van der Waals surface area contributed by atoms with Crippen molar-refractivity contribution in [1.82, 2.24) is 0 Å². The summed E-state index contributed by atoms with van der Waals surface area (Å²) in [6.45, 7) is 1.97. The maximum atomic E-state index is 6.05. The predicted octanol–water partition coefficient (Wildman–Crippen LogP) is 3.61. The molecule has 2 heteroatoms. The molecule has 1 fully saturated rings. The zero-order valence-corrected chi connectivity index (χ0v) is 10.4. The third kappa shape index (κ3) is 2.41. The van der Waals surface area contributed by atoms with E-state index in [9.17, 15) is 0 Å². The third-order valence-corrected chi connectivity index (χ3v) is 4.02. The fourth-order valence-electron chi connectivity index (χ4n) is 3.01. The van der Waals surface area contributed by atoms with Gasteiger partial charge in [-0.15, -0.1) is 0 Å². The lowest BCUT2D eigenvalue weighted by molar-refractivity contribution is 0.208. The minimum atomic E-state index is 0.786. The van der Waals surface area contributed by atoms with E-state index in [1.165, 1.54) is 43.4 Å². The van der Waals surface area contributed by atoms with Gasteiger partial charge >= 0.3 is 0 Å². The molecule has 1 saturated carbocycles. The molecule has 0 bridgehead atoms. The molecule has 1 heterocycles. The lowest BCUT2D eigenvalue weighted by Crippen LogP contribution is -2.15. The SMILES string of the molecule is c1cc2c(c(OCC3CCCCC3)c1)CCN2. The van der Waals surface area contributed by atoms with Crippen LogP contribution in [0.1, 0.15) is 37.7 Å². The Bertz CT molecular complexity index is 383. The van der Waals surface area contributed by atoms with Crippen LogP contribution in [0.15, 0.2) is 18.2 Å². The van der Waals surface area contributed by atoms with E-state index in [0.29, 0.717) is 0 Å². The van der Waals surface area contributed by atoms with Crippen LogP contribution >= 0.6 is 0 Å². The van der Waals surface area contributed by atoms with Gasteiger partial charge in [-0.25, -0.2) is 0 Å². The average molecular weight is 231 g/mol. The molecule has 0 unspecified atom stereocenters. The molecule has 17 heavy (non-hydrogen) atoms. The molecule has 1 aromatic carbocycles. The molecule has 1 aromatic rings. The lowest BCUT2D eigenvalue weighted by Gasteiger charge is -2.22. The second-order valence-corrected chi connectivity index (χ2v) is 5.27. The summed E-state index contributed by atoms with van der Waals surface area (Å²) in [4.78, 5) is 0. The van der Waals surface area contributed by atoms with Crippen molar-refractivity contribution in [2.24, 2.45) is 5.92 Å². The monoisotopic (exact) mass is 231 g/mol. The maximum absolute atomic E-state index is 6.05. The van der Waals surface area contributed by atoms with Crippen LogP contribution in [-0.4, -0.2) is 13.2 Å². The van der Waals surface area contributed by atoms with Gasteiger partial charge in [-0.3, -0.25) is 0 Å². The first-order chi connectivity index (χ1) is 8.43. The fourth-order valence-corrected chi connectivity index (χ4v) is 3.01. The highest BCUT2D eigenvalue weighted by Crippen LogP contribution is 2.32. The summed E-state index contributed by atoms with van der Waals surface area (Å²) in [5, 5.41) is 3.40. The minimum Gasteiger partial charge on any atom is -0.493 e. The fraction of sp³-hybridized carbons (Fsp3) is 0.600. The Kier molecular flexibility index (Phi) is 3.21. The van der Waals surface area contributed by atoms with E-state index in [1.807, 2.05) is 0 Å². The largest absolute Gasteiger partial charge is 0.493 e. The molecule has 0 atom stereocenters. The molecular weight excluding hydrogens is 210 g/mol. The van der Waals surface area contributed by atoms with Crippen molar-refractivity contribution in [2.75, 3.05) is 18.5 Å². The van der Waals surface area contributed by atoms with Gasteiger partial charge in [-0.2, -0.15) is 0 Å². The van der Waals surface area contributed by atoms with Gasteiger partial charge in [0.15, 0.2) is 0 Å². The number of rotatable bonds is 3. The molecular formula is C15H21NO. The Labute approximate surface area is 103 Å². The zero-order chi connectivity index (χ0) is 11.5. The van der Waals surface area contributed by atoms with Crippen molar-refractivity contribution in [3.63, 3.8) is 0 Å². The Balaban J connectivity index is 1.63. The number of hydrogen-bond donors (Lipinski definition) is 1. The Morgan fingerprint density at radius 1 is 1.18 bits per heavy atom. The minimum absolute atomic E-state index is 0.786. The molecule has 92 valence electrons. The van der Waals surface area contributed by atoms with Gasteiger partial charge in [0, 0.05) is 17.8 Å². The van der Waals surface area contributed by atoms with E-state index in [-0.39, 0.29) is 0 Å². The molecule has 0 saturated heterocycles. The summed E-state index contributed by atoms with van der Waals surface area (Å²) >= 11 is 0. The first-order valence-corrected chi connectivity index (χ1v) is 6.92. The molecule has 3 rings (SSSR count). The van der Waals surface area contributed by atoms with Crippen LogP contribution in [0.3, 0.4) is 0 Å². The molecule has 0 radical (unpaired) electrons. The standard InChI is InChI=1S/C15H21NO/c1-2-5-12(6-3-1)11-17-15-8-4-7-14-13(15)9-10-16-14/h4,7-8,12,16H,1-3,5-6,9-11H2. The summed E-state index contributed by atoms with van der Waals surface area (Å²) in [5.74, 6) is 1.90. The van der Waals surface area contributed by atoms with E-state index < -0.39 is 0 Å². The van der Waals surface area contributed by atoms with Crippen molar-refractivity contribution >= 4 is 5.69 Å². The number of nitrogens with one attached hydrogen (secondary N) is 1. The molecule has 1 N–H and O–H groups in total. The van der Waals surface area contributed by atoms with Gasteiger partial charge in [0.05, 0.1) is 6.61 Å². The maximum Gasteiger partial charge on any atom is 0.124 e. The number of anilines is 1. The van der Waals surface area contributed by atoms with Crippen LogP contribution in [0, 0.1) is 5.92 Å². The van der Waals surface area contributed by atoms with Gasteiger partial charge < -0.3 is 10.1 Å². The first kappa shape index (κ1) is 10.9. The Morgan fingerprint density at radius 2 is 2.06 bits per heavy atom. The highest BCUT2D eigenvalue weighted by atomic mass is 16.5. The molecule has 0 amide bonds. The zero-order valence-electron chi connectivity index (χ0n) is 10.4. The number of ether oxygens (including phenoxy) is 1. The lowest BCUT2D eigenvalue weighted by atomic mass is 9.90. The Morgan fingerprint density at radius 3 is 2.94 bits per heavy atom. The van der Waals surface area contributed by atoms with Crippen molar-refractivity contribution < 1.29 is 4.74 Å². The van der Waals surface area contributed by atoms with Gasteiger partial charge in [0.1, 0.15) is 5.75 Å². The smallest absolute Gasteiger partial charge is 0.124 e. The molecule has 1 aliphatic carbocycles. The van der Waals surface area contributed by atoms with E-state index in [4.69, 9.17) is 4.74 Å². The van der Waals surface area contributed by atoms with E-state index in [2.05, 4.69) is 23.5 Å². The quantitative estimate of drug-likeness (QED) is 0.858. The van der Waals surface area contributed by atoms with Crippen molar-refractivity contribution in [2.45, 2.75) is 38.5 Å². The number of benzene rings is 1. The highest BCUT2D eigenvalue weighted by molar-refractivity contribution is 5.61. The van der Waals surface area contributed by atoms with Crippen molar-refractivity contribution in [1.29, 1.82) is 0 Å². The second kappa shape index (κ2) is 4.99. The summed E-state index contributed by atoms with van der Waals surface area (Å²) in [6, 6.07) is 6.36. The average Bonchev–Trinajstić information content (AvgIpc) is 2.86. The summed E-state index contributed by atoms with van der Waals surface area (Å²) in [7, 11) is 0. The van der Waals surface area contributed by atoms with Gasteiger partial charge in [0.2, 0.25) is 0 Å². The topological polar surface area (TPSA) is 21.3 Å². The van der Waals surface area contributed by atoms with Crippen LogP contribution in [0.25, 0.3) is 0 Å². The summed E-state index contributed by atoms with van der Waals surface area (Å²) in [5.41, 5.74) is 2.65. The molecule has 0 aromatic heterocycles. The second-order valence-electron chi connectivity index (χ2n) is 5.27. The molecule has 2 nitrogen and oxygen atoms in total.